The smallest absolute Gasteiger partial charge is 0.254 e. The van der Waals surface area contributed by atoms with Crippen LogP contribution in [-0.2, 0) is 19.2 Å². The Kier molecular flexibility index (Phi) is 7.50. The van der Waals surface area contributed by atoms with Crippen molar-refractivity contribution >= 4 is 68.8 Å². The Morgan fingerprint density at radius 2 is 1.70 bits per heavy atom. The van der Waals surface area contributed by atoms with Crippen LogP contribution in [-0.4, -0.2) is 74.5 Å². The first-order valence-electron chi connectivity index (χ1n) is 13.0. The van der Waals surface area contributed by atoms with Crippen LogP contribution in [0.4, 0.5) is 0 Å². The predicted molar refractivity (Wildman–Crippen MR) is 151 cm³/mol. The number of hydrogen-bond donors (Lipinski definition) is 1. The Morgan fingerprint density at radius 3 is 2.27 bits per heavy atom. The lowest BCUT2D eigenvalue weighted by atomic mass is 9.57. The molecule has 214 valence electrons. The van der Waals surface area contributed by atoms with Crippen LogP contribution in [0.15, 0.2) is 29.9 Å². The number of imide groups is 2. The molecule has 2 saturated heterocycles. The molecule has 12 heteroatoms. The molecule has 4 aliphatic rings. The second-order valence-electron chi connectivity index (χ2n) is 10.5. The second-order valence-corrected chi connectivity index (χ2v) is 12.2. The summed E-state index contributed by atoms with van der Waals surface area (Å²) in [6, 6.07) is 3.17. The maximum Gasteiger partial charge on any atom is 0.254 e. The third-order valence-corrected chi connectivity index (χ3v) is 10.5. The van der Waals surface area contributed by atoms with Gasteiger partial charge in [0.25, 0.3) is 11.8 Å². The van der Waals surface area contributed by atoms with Crippen molar-refractivity contribution in [2.45, 2.75) is 35.9 Å². The quantitative estimate of drug-likeness (QED) is 0.204. The zero-order valence-electron chi connectivity index (χ0n) is 22.2. The second kappa shape index (κ2) is 10.4. The van der Waals surface area contributed by atoms with Crippen LogP contribution >= 0.6 is 39.1 Å². The molecule has 0 aromatic heterocycles. The lowest BCUT2D eigenvalue weighted by Crippen LogP contribution is -2.60. The molecule has 4 amide bonds. The maximum absolute atomic E-state index is 13.7. The van der Waals surface area contributed by atoms with Gasteiger partial charge in [-0.15, -0.1) is 23.2 Å². The Morgan fingerprint density at radius 1 is 1.05 bits per heavy atom. The van der Waals surface area contributed by atoms with E-state index in [2.05, 4.69) is 15.9 Å². The van der Waals surface area contributed by atoms with E-state index in [-0.39, 0.29) is 40.9 Å². The van der Waals surface area contributed by atoms with Crippen molar-refractivity contribution in [3.8, 4) is 17.2 Å². The third kappa shape index (κ3) is 3.85. The van der Waals surface area contributed by atoms with Gasteiger partial charge in [-0.25, -0.2) is 0 Å². The van der Waals surface area contributed by atoms with Crippen molar-refractivity contribution in [2.75, 3.05) is 26.2 Å². The molecule has 1 N–H and O–H groups in total. The number of nitrogens with zero attached hydrogens (tertiary/aromatic N) is 2. The minimum atomic E-state index is -1.87. The van der Waals surface area contributed by atoms with Gasteiger partial charge in [0.15, 0.2) is 21.2 Å². The monoisotopic (exact) mass is 654 g/mol. The van der Waals surface area contributed by atoms with Crippen LogP contribution in [0.2, 0.25) is 0 Å². The first-order chi connectivity index (χ1) is 19.0. The molecule has 1 saturated carbocycles. The van der Waals surface area contributed by atoms with Gasteiger partial charge in [-0.3, -0.25) is 29.0 Å². The normalized spacial score (nSPS) is 33.3. The van der Waals surface area contributed by atoms with Crippen LogP contribution < -0.4 is 9.47 Å². The van der Waals surface area contributed by atoms with Gasteiger partial charge in [-0.1, -0.05) is 46.7 Å². The number of carbonyl (C=O) groups is 4. The molecule has 2 aliphatic heterocycles. The van der Waals surface area contributed by atoms with Crippen LogP contribution in [0.1, 0.15) is 31.7 Å². The van der Waals surface area contributed by atoms with Crippen LogP contribution in [0.5, 0.6) is 17.2 Å². The third-order valence-electron chi connectivity index (χ3n) is 8.59. The Labute approximate surface area is 250 Å². The largest absolute Gasteiger partial charge is 0.502 e. The van der Waals surface area contributed by atoms with Gasteiger partial charge in [0, 0.05) is 12.5 Å². The molecule has 3 fully saturated rings. The van der Waals surface area contributed by atoms with Gasteiger partial charge < -0.3 is 14.6 Å². The molecule has 9 nitrogen and oxygen atoms in total. The van der Waals surface area contributed by atoms with Gasteiger partial charge >= 0.3 is 0 Å². The average molecular weight is 656 g/mol. The SMILES string of the molecule is CCCN1C(=O)C2CC=C3C(CC4(Cl)C(=O)N(CBr)C(=O)C4(Cl)C3C=Cc3cc(OC)c(O)c(OC)c3)C2C1=O. The number of aromatic hydroxyl groups is 1. The molecule has 2 heterocycles. The fourth-order valence-electron chi connectivity index (χ4n) is 6.73. The summed E-state index contributed by atoms with van der Waals surface area (Å²) in [5, 5.41) is 10.3. The van der Waals surface area contributed by atoms with E-state index in [1.807, 2.05) is 13.0 Å². The van der Waals surface area contributed by atoms with Gasteiger partial charge in [-0.05, 0) is 42.9 Å². The number of likely N-dealkylation sites (tertiary alicyclic amines) is 2. The highest BCUT2D eigenvalue weighted by molar-refractivity contribution is 9.09. The van der Waals surface area contributed by atoms with Crippen molar-refractivity contribution in [3.05, 3.63) is 35.4 Å². The van der Waals surface area contributed by atoms with E-state index < -0.39 is 45.2 Å². The highest BCUT2D eigenvalue weighted by Gasteiger charge is 2.75. The predicted octanol–water partition coefficient (Wildman–Crippen LogP) is 4.08. The lowest BCUT2D eigenvalue weighted by Gasteiger charge is -2.49. The summed E-state index contributed by atoms with van der Waals surface area (Å²) in [4.78, 5) is 52.6. The number of carbonyl (C=O) groups excluding carboxylic acids is 4. The summed E-state index contributed by atoms with van der Waals surface area (Å²) in [5.41, 5.74) is 1.19. The van der Waals surface area contributed by atoms with Gasteiger partial charge in [0.05, 0.1) is 31.5 Å². The number of benzene rings is 1. The molecule has 5 rings (SSSR count). The highest BCUT2D eigenvalue weighted by Crippen LogP contribution is 2.63. The van der Waals surface area contributed by atoms with E-state index in [1.165, 1.54) is 19.1 Å². The van der Waals surface area contributed by atoms with Crippen molar-refractivity contribution in [1.29, 1.82) is 0 Å². The molecule has 0 radical (unpaired) electrons. The zero-order chi connectivity index (χ0) is 29.1. The van der Waals surface area contributed by atoms with Crippen molar-refractivity contribution in [2.24, 2.45) is 23.7 Å². The van der Waals surface area contributed by atoms with Crippen molar-refractivity contribution in [3.63, 3.8) is 0 Å². The molecule has 0 bridgehead atoms. The van der Waals surface area contributed by atoms with E-state index >= 15 is 0 Å². The maximum atomic E-state index is 13.7. The Bertz CT molecular complexity index is 1340. The van der Waals surface area contributed by atoms with Crippen molar-refractivity contribution in [1.82, 2.24) is 9.80 Å². The summed E-state index contributed by atoms with van der Waals surface area (Å²) < 4.78 is 10.5. The molecule has 6 atom stereocenters. The number of ether oxygens (including phenoxy) is 2. The van der Waals surface area contributed by atoms with Gasteiger partial charge in [0.1, 0.15) is 0 Å². The van der Waals surface area contributed by atoms with E-state index in [0.717, 1.165) is 4.90 Å². The number of phenols is 1. The van der Waals surface area contributed by atoms with E-state index in [9.17, 15) is 24.3 Å². The van der Waals surface area contributed by atoms with E-state index in [0.29, 0.717) is 30.5 Å². The lowest BCUT2D eigenvalue weighted by molar-refractivity contribution is -0.141. The van der Waals surface area contributed by atoms with Crippen LogP contribution in [0, 0.1) is 23.7 Å². The summed E-state index contributed by atoms with van der Waals surface area (Å²) in [5.74, 6) is -4.26. The molecular weight excluding hydrogens is 627 g/mol. The molecule has 0 spiro atoms. The number of allylic oxidation sites excluding steroid dienone is 3. The number of methoxy groups -OCH3 is 2. The van der Waals surface area contributed by atoms with E-state index in [1.54, 1.807) is 24.3 Å². The Hall–Kier alpha value is -2.56. The fraction of sp³-hybridized carbons (Fsp3) is 0.500. The minimum absolute atomic E-state index is 0.0523. The molecular formula is C28H29BrCl2N2O7. The fourth-order valence-corrected chi connectivity index (χ4v) is 8.11. The summed E-state index contributed by atoms with van der Waals surface area (Å²) >= 11 is 17.5. The van der Waals surface area contributed by atoms with Crippen LogP contribution in [0.25, 0.3) is 6.08 Å². The standard InChI is InChI=1S/C28H29BrCl2N2O7/c1-4-9-32-23(35)16-7-6-15-17(21(16)24(32)36)12-27(30)25(37)33(13-29)26(38)28(27,31)18(15)8-5-14-10-19(39-2)22(34)20(11-14)40-3/h5-6,8,10-11,16-18,21,34H,4,7,9,12-13H2,1-3H3. The molecule has 1 aromatic carbocycles. The van der Waals surface area contributed by atoms with Crippen molar-refractivity contribution < 1.29 is 33.8 Å². The Balaban J connectivity index is 1.65. The summed E-state index contributed by atoms with van der Waals surface area (Å²) in [6.45, 7) is 2.22. The summed E-state index contributed by atoms with van der Waals surface area (Å²) in [7, 11) is 2.82. The van der Waals surface area contributed by atoms with Gasteiger partial charge in [0.2, 0.25) is 17.6 Å². The number of amides is 4. The number of halogens is 3. The molecule has 40 heavy (non-hydrogen) atoms. The summed E-state index contributed by atoms with van der Waals surface area (Å²) in [6.07, 6.45) is 6.16. The first-order valence-corrected chi connectivity index (χ1v) is 14.9. The number of rotatable bonds is 7. The van der Waals surface area contributed by atoms with Crippen LogP contribution in [0.3, 0.4) is 0 Å². The number of phenolic OH excluding ortho intramolecular Hbond substituents is 1. The number of alkyl halides is 3. The number of hydrogen-bond acceptors (Lipinski definition) is 7. The average Bonchev–Trinajstić information content (AvgIpc) is 3.26. The topological polar surface area (TPSA) is 113 Å². The van der Waals surface area contributed by atoms with E-state index in [4.69, 9.17) is 32.7 Å². The number of fused-ring (bicyclic) bond motifs is 4. The van der Waals surface area contributed by atoms with Gasteiger partial charge in [-0.2, -0.15) is 0 Å². The molecule has 2 aliphatic carbocycles. The molecule has 6 unspecified atom stereocenters. The highest BCUT2D eigenvalue weighted by atomic mass is 79.9. The molecule has 1 aromatic rings. The zero-order valence-corrected chi connectivity index (χ0v) is 25.3. The minimum Gasteiger partial charge on any atom is -0.502 e. The first kappa shape index (κ1) is 29.0.